The molecule has 0 bridgehead atoms. The Labute approximate surface area is 138 Å². The van der Waals surface area contributed by atoms with Crippen LogP contribution in [0.4, 0.5) is 11.4 Å². The van der Waals surface area contributed by atoms with Crippen LogP contribution in [-0.4, -0.2) is 37.9 Å². The van der Waals surface area contributed by atoms with Gasteiger partial charge in [-0.3, -0.25) is 10.1 Å². The summed E-state index contributed by atoms with van der Waals surface area (Å²) < 4.78 is 6.86. The molecule has 1 aliphatic rings. The number of aliphatic hydroxyl groups excluding tert-OH is 1. The van der Waals surface area contributed by atoms with Crippen molar-refractivity contribution >= 4 is 11.4 Å². The molecule has 1 unspecified atom stereocenters. The summed E-state index contributed by atoms with van der Waals surface area (Å²) in [5.74, 6) is 1.54. The first-order valence-electron chi connectivity index (χ1n) is 7.67. The summed E-state index contributed by atoms with van der Waals surface area (Å²) in [4.78, 5) is 15.2. The second-order valence-electron chi connectivity index (χ2n) is 5.71. The number of hydrogen-bond donors (Lipinski definition) is 2. The van der Waals surface area contributed by atoms with Gasteiger partial charge in [0.1, 0.15) is 18.1 Å². The van der Waals surface area contributed by atoms with E-state index in [1.807, 2.05) is 4.68 Å². The highest BCUT2D eigenvalue weighted by atomic mass is 16.6. The number of aromatic nitrogens is 3. The summed E-state index contributed by atoms with van der Waals surface area (Å²) in [7, 11) is 1.59. The van der Waals surface area contributed by atoms with Crippen molar-refractivity contribution in [3.8, 4) is 0 Å². The maximum absolute atomic E-state index is 11.2. The predicted molar refractivity (Wildman–Crippen MR) is 85.5 cm³/mol. The van der Waals surface area contributed by atoms with Crippen molar-refractivity contribution in [3.05, 3.63) is 45.5 Å². The first-order valence-corrected chi connectivity index (χ1v) is 7.67. The molecule has 0 saturated heterocycles. The van der Waals surface area contributed by atoms with Gasteiger partial charge in [0.2, 0.25) is 0 Å². The average molecular weight is 333 g/mol. The second kappa shape index (κ2) is 6.93. The highest BCUT2D eigenvalue weighted by Gasteiger charge is 2.24. The fraction of sp³-hybridized carbons (Fsp3) is 0.467. The molecule has 2 heterocycles. The minimum Gasteiger partial charge on any atom is -0.392 e. The van der Waals surface area contributed by atoms with Crippen LogP contribution >= 0.6 is 0 Å². The zero-order valence-electron chi connectivity index (χ0n) is 13.3. The molecule has 1 aromatic heterocycles. The maximum atomic E-state index is 11.2. The summed E-state index contributed by atoms with van der Waals surface area (Å²) in [5, 5.41) is 28.1. The summed E-state index contributed by atoms with van der Waals surface area (Å²) in [6, 6.07) is 4.58. The number of nitrogens with one attached hydrogen (secondary N) is 1. The van der Waals surface area contributed by atoms with Gasteiger partial charge in [0.15, 0.2) is 5.82 Å². The van der Waals surface area contributed by atoms with Crippen molar-refractivity contribution in [2.45, 2.75) is 38.6 Å². The molecule has 2 N–H and O–H groups in total. The quantitative estimate of drug-likeness (QED) is 0.604. The smallest absolute Gasteiger partial charge is 0.292 e. The van der Waals surface area contributed by atoms with Gasteiger partial charge < -0.3 is 15.2 Å². The molecule has 3 rings (SSSR count). The molecule has 9 nitrogen and oxygen atoms in total. The van der Waals surface area contributed by atoms with E-state index < -0.39 is 4.92 Å². The second-order valence-corrected chi connectivity index (χ2v) is 5.71. The molecule has 0 spiro atoms. The minimum absolute atomic E-state index is 0.00207. The summed E-state index contributed by atoms with van der Waals surface area (Å²) >= 11 is 0. The van der Waals surface area contributed by atoms with Crippen molar-refractivity contribution < 1.29 is 14.8 Å². The van der Waals surface area contributed by atoms with Gasteiger partial charge in [-0.25, -0.2) is 9.67 Å². The van der Waals surface area contributed by atoms with Crippen LogP contribution in [0.25, 0.3) is 0 Å². The van der Waals surface area contributed by atoms with E-state index in [9.17, 15) is 15.2 Å². The molecule has 128 valence electrons. The fourth-order valence-corrected chi connectivity index (χ4v) is 2.84. The number of nitro groups is 1. The molecule has 0 fully saturated rings. The summed E-state index contributed by atoms with van der Waals surface area (Å²) in [5.41, 5.74) is 1.04. The molecule has 0 amide bonds. The Kier molecular flexibility index (Phi) is 4.72. The van der Waals surface area contributed by atoms with Crippen LogP contribution in [0.2, 0.25) is 0 Å². The fourth-order valence-electron chi connectivity index (χ4n) is 2.84. The van der Waals surface area contributed by atoms with Gasteiger partial charge in [-0.2, -0.15) is 5.10 Å². The highest BCUT2D eigenvalue weighted by molar-refractivity contribution is 5.63. The number of nitro benzene ring substituents is 1. The summed E-state index contributed by atoms with van der Waals surface area (Å²) in [6.45, 7) is 0.777. The van der Waals surface area contributed by atoms with Crippen LogP contribution in [-0.2, 0) is 30.9 Å². The van der Waals surface area contributed by atoms with Crippen LogP contribution < -0.4 is 5.32 Å². The number of fused-ring (bicyclic) bond motifs is 1. The Hall–Kier alpha value is -2.52. The largest absolute Gasteiger partial charge is 0.392 e. The lowest BCUT2D eigenvalue weighted by Gasteiger charge is -2.24. The number of nitrogens with zero attached hydrogens (tertiary/aromatic N) is 4. The third-order valence-corrected chi connectivity index (χ3v) is 3.98. The number of aliphatic hydroxyl groups is 1. The molecular weight excluding hydrogens is 314 g/mol. The summed E-state index contributed by atoms with van der Waals surface area (Å²) in [6.07, 6.45) is 1.54. The Morgan fingerprint density at radius 1 is 1.54 bits per heavy atom. The Bertz CT molecular complexity index is 745. The Morgan fingerprint density at radius 2 is 2.38 bits per heavy atom. The van der Waals surface area contributed by atoms with Gasteiger partial charge in [-0.05, 0) is 24.1 Å². The zero-order chi connectivity index (χ0) is 17.1. The van der Waals surface area contributed by atoms with E-state index in [1.54, 1.807) is 19.2 Å². The lowest BCUT2D eigenvalue weighted by molar-refractivity contribution is -0.384. The van der Waals surface area contributed by atoms with Gasteiger partial charge in [0, 0.05) is 25.6 Å². The third-order valence-electron chi connectivity index (χ3n) is 3.98. The van der Waals surface area contributed by atoms with E-state index in [0.717, 1.165) is 18.7 Å². The van der Waals surface area contributed by atoms with Crippen molar-refractivity contribution in [3.63, 3.8) is 0 Å². The number of benzene rings is 1. The third kappa shape index (κ3) is 3.36. The maximum Gasteiger partial charge on any atom is 0.292 e. The molecule has 0 saturated carbocycles. The predicted octanol–water partition coefficient (Wildman–Crippen LogP) is 1.25. The zero-order valence-corrected chi connectivity index (χ0v) is 13.3. The molecule has 1 aromatic carbocycles. The van der Waals surface area contributed by atoms with Gasteiger partial charge >= 0.3 is 0 Å². The van der Waals surface area contributed by atoms with E-state index in [0.29, 0.717) is 30.2 Å². The van der Waals surface area contributed by atoms with Crippen molar-refractivity contribution in [2.24, 2.45) is 0 Å². The van der Waals surface area contributed by atoms with E-state index in [2.05, 4.69) is 15.4 Å². The average Bonchev–Trinajstić information content (AvgIpc) is 2.96. The van der Waals surface area contributed by atoms with Gasteiger partial charge in [0.05, 0.1) is 18.1 Å². The SMILES string of the molecule is COCc1nc2n(n1)CC(Nc1cc(CO)ccc1[N+](=O)[O-])CC2. The molecule has 0 radical (unpaired) electrons. The number of hydrogen-bond acceptors (Lipinski definition) is 7. The standard InChI is InChI=1S/C15H19N5O4/c1-24-9-14-17-15-5-3-11(7-19(15)18-14)16-12-6-10(8-21)2-4-13(12)20(22)23/h2,4,6,11,16,21H,3,5,7-9H2,1H3. The van der Waals surface area contributed by atoms with Crippen LogP contribution in [0.5, 0.6) is 0 Å². The number of methoxy groups -OCH3 is 1. The molecule has 0 aliphatic carbocycles. The first kappa shape index (κ1) is 16.3. The number of ether oxygens (including phenoxy) is 1. The minimum atomic E-state index is -0.427. The normalized spacial score (nSPS) is 16.7. The first-order chi connectivity index (χ1) is 11.6. The van der Waals surface area contributed by atoms with Gasteiger partial charge in [-0.1, -0.05) is 0 Å². The highest BCUT2D eigenvalue weighted by Crippen LogP contribution is 2.28. The molecule has 9 heteroatoms. The topological polar surface area (TPSA) is 115 Å². The molecule has 24 heavy (non-hydrogen) atoms. The van der Waals surface area contributed by atoms with Gasteiger partial charge in [-0.15, -0.1) is 0 Å². The molecule has 1 aliphatic heterocycles. The number of anilines is 1. The van der Waals surface area contributed by atoms with Crippen molar-refractivity contribution in [1.82, 2.24) is 14.8 Å². The Balaban J connectivity index is 1.78. The molecule has 1 atom stereocenters. The Morgan fingerprint density at radius 3 is 3.08 bits per heavy atom. The van der Waals surface area contributed by atoms with Crippen LogP contribution in [0.15, 0.2) is 18.2 Å². The number of aryl methyl sites for hydroxylation is 1. The van der Waals surface area contributed by atoms with E-state index >= 15 is 0 Å². The lowest BCUT2D eigenvalue weighted by Crippen LogP contribution is -2.32. The van der Waals surface area contributed by atoms with E-state index in [-0.39, 0.29) is 18.3 Å². The van der Waals surface area contributed by atoms with E-state index in [1.165, 1.54) is 6.07 Å². The lowest BCUT2D eigenvalue weighted by atomic mass is 10.1. The molecule has 2 aromatic rings. The number of rotatable bonds is 6. The van der Waals surface area contributed by atoms with Crippen molar-refractivity contribution in [1.29, 1.82) is 0 Å². The van der Waals surface area contributed by atoms with Crippen LogP contribution in [0, 0.1) is 10.1 Å². The van der Waals surface area contributed by atoms with Crippen LogP contribution in [0.3, 0.4) is 0 Å². The van der Waals surface area contributed by atoms with Crippen LogP contribution in [0.1, 0.15) is 23.6 Å². The monoisotopic (exact) mass is 333 g/mol. The molecular formula is C15H19N5O4. The van der Waals surface area contributed by atoms with Gasteiger partial charge in [0.25, 0.3) is 5.69 Å². The van der Waals surface area contributed by atoms with Crippen molar-refractivity contribution in [2.75, 3.05) is 12.4 Å². The van der Waals surface area contributed by atoms with E-state index in [4.69, 9.17) is 4.74 Å².